The fourth-order valence-electron chi connectivity index (χ4n) is 6.64. The van der Waals surface area contributed by atoms with E-state index in [9.17, 15) is 9.59 Å². The second-order valence-electron chi connectivity index (χ2n) is 11.3. The van der Waals surface area contributed by atoms with Crippen molar-refractivity contribution in [3.63, 3.8) is 0 Å². The molecule has 0 saturated carbocycles. The van der Waals surface area contributed by atoms with Crippen LogP contribution in [0.25, 0.3) is 39.3 Å². The molecule has 218 valence electrons. The maximum Gasteiger partial charge on any atom is 2.00 e. The molecule has 0 aromatic carbocycles. The molecule has 5 heterocycles. The monoisotopic (exact) mass is 604 g/mol. The SMILES string of the molecule is C=Cc1c(C)c2cc3nc(c4c5[n-]c(cc6nc(cc1[n-]2)C(C)=C6CC)c(C)c5C(=O)C4)C(CCC(=O)OC)C3C.[Ni+2]. The summed E-state index contributed by atoms with van der Waals surface area (Å²) in [5, 5.41) is 0. The molecule has 1 aliphatic carbocycles. The largest absolute Gasteiger partial charge is 2.00 e. The van der Waals surface area contributed by atoms with Crippen molar-refractivity contribution in [2.45, 2.75) is 72.1 Å². The minimum Gasteiger partial charge on any atom is -0.657 e. The molecule has 0 fully saturated rings. The molecule has 2 aliphatic heterocycles. The third kappa shape index (κ3) is 4.57. The number of carbonyl (C=O) groups excluding carboxylic acids is 2. The number of esters is 1. The Hall–Kier alpha value is -3.77. The molecule has 0 amide bonds. The van der Waals surface area contributed by atoms with E-state index in [1.165, 1.54) is 7.11 Å². The number of ketones is 1. The molecule has 0 N–H and O–H groups in total. The molecular weight excluding hydrogens is 571 g/mol. The molecule has 2 atom stereocenters. The molecular formula is C34H34N4NiO3. The number of aromatic nitrogens is 4. The van der Waals surface area contributed by atoms with Gasteiger partial charge in [-0.05, 0) is 55.9 Å². The van der Waals surface area contributed by atoms with Crippen LogP contribution in [-0.4, -0.2) is 28.8 Å². The van der Waals surface area contributed by atoms with E-state index in [1.54, 1.807) is 0 Å². The van der Waals surface area contributed by atoms with Gasteiger partial charge in [-0.25, -0.2) is 4.98 Å². The van der Waals surface area contributed by atoms with Crippen LogP contribution in [0.15, 0.2) is 24.8 Å². The Balaban J connectivity index is 0.00000353. The van der Waals surface area contributed by atoms with E-state index in [0.717, 1.165) is 79.1 Å². The summed E-state index contributed by atoms with van der Waals surface area (Å²) in [6.45, 7) is 14.4. The zero-order chi connectivity index (χ0) is 29.2. The molecule has 0 saturated heterocycles. The minimum absolute atomic E-state index is 0. The number of carbonyl (C=O) groups is 2. The minimum atomic E-state index is -0.257. The third-order valence-corrected chi connectivity index (χ3v) is 9.08. The third-order valence-electron chi connectivity index (χ3n) is 9.08. The van der Waals surface area contributed by atoms with E-state index in [0.29, 0.717) is 17.5 Å². The van der Waals surface area contributed by atoms with Gasteiger partial charge in [0, 0.05) is 41.6 Å². The van der Waals surface area contributed by atoms with Crippen LogP contribution in [0.3, 0.4) is 0 Å². The number of nitrogens with zero attached hydrogens (tertiary/aromatic N) is 4. The number of methoxy groups -OCH3 is 1. The van der Waals surface area contributed by atoms with Gasteiger partial charge >= 0.3 is 22.5 Å². The normalized spacial score (nSPS) is 17.4. The first-order chi connectivity index (χ1) is 19.7. The van der Waals surface area contributed by atoms with Crippen molar-refractivity contribution in [3.05, 3.63) is 75.4 Å². The molecule has 6 rings (SSSR count). The van der Waals surface area contributed by atoms with Gasteiger partial charge in [0.2, 0.25) is 0 Å². The summed E-state index contributed by atoms with van der Waals surface area (Å²) in [5.74, 6) is -0.233. The van der Waals surface area contributed by atoms with Crippen molar-refractivity contribution in [2.24, 2.45) is 0 Å². The summed E-state index contributed by atoms with van der Waals surface area (Å²) in [6, 6.07) is 6.09. The fraction of sp³-hybridized carbons (Fsp3) is 0.353. The van der Waals surface area contributed by atoms with Crippen LogP contribution in [0.2, 0.25) is 0 Å². The summed E-state index contributed by atoms with van der Waals surface area (Å²) in [5.41, 5.74) is 13.3. The zero-order valence-electron chi connectivity index (χ0n) is 24.8. The molecule has 42 heavy (non-hydrogen) atoms. The molecule has 0 radical (unpaired) electrons. The number of aryl methyl sites for hydroxylation is 2. The first-order valence-corrected chi connectivity index (χ1v) is 14.3. The van der Waals surface area contributed by atoms with Crippen molar-refractivity contribution in [3.8, 4) is 0 Å². The summed E-state index contributed by atoms with van der Waals surface area (Å²) in [4.78, 5) is 45.8. The van der Waals surface area contributed by atoms with Crippen molar-refractivity contribution in [1.29, 1.82) is 0 Å². The fourth-order valence-corrected chi connectivity index (χ4v) is 6.64. The first-order valence-electron chi connectivity index (χ1n) is 14.3. The maximum atomic E-state index is 13.4. The summed E-state index contributed by atoms with van der Waals surface area (Å²) < 4.78 is 4.95. The van der Waals surface area contributed by atoms with Crippen LogP contribution in [0.1, 0.15) is 107 Å². The van der Waals surface area contributed by atoms with Crippen LogP contribution in [-0.2, 0) is 32.4 Å². The number of Topliss-reactive ketones (excluding diaryl/α,β-unsaturated/α-hetero) is 1. The summed E-state index contributed by atoms with van der Waals surface area (Å²) in [6.07, 6.45) is 3.78. The average molecular weight is 605 g/mol. The predicted octanol–water partition coefficient (Wildman–Crippen LogP) is 6.75. The molecule has 2 unspecified atom stereocenters. The summed E-state index contributed by atoms with van der Waals surface area (Å²) >= 11 is 0. The summed E-state index contributed by atoms with van der Waals surface area (Å²) in [7, 11) is 1.41. The molecule has 8 bridgehead atoms. The van der Waals surface area contributed by atoms with Crippen LogP contribution < -0.4 is 9.97 Å². The quantitative estimate of drug-likeness (QED) is 0.235. The van der Waals surface area contributed by atoms with Gasteiger partial charge in [0.15, 0.2) is 5.78 Å². The van der Waals surface area contributed by atoms with Crippen LogP contribution in [0, 0.1) is 13.8 Å². The van der Waals surface area contributed by atoms with Crippen molar-refractivity contribution in [2.75, 3.05) is 7.11 Å². The Labute approximate surface area is 255 Å². The van der Waals surface area contributed by atoms with Gasteiger partial charge in [-0.3, -0.25) is 14.6 Å². The number of ether oxygens (including phenoxy) is 1. The average Bonchev–Trinajstić information content (AvgIpc) is 3.70. The van der Waals surface area contributed by atoms with Crippen LogP contribution >= 0.6 is 0 Å². The van der Waals surface area contributed by atoms with Gasteiger partial charge in [-0.15, -0.1) is 22.1 Å². The molecule has 3 aliphatic rings. The van der Waals surface area contributed by atoms with Crippen LogP contribution in [0.4, 0.5) is 0 Å². The van der Waals surface area contributed by atoms with Crippen molar-refractivity contribution in [1.82, 2.24) is 19.9 Å². The van der Waals surface area contributed by atoms with Crippen LogP contribution in [0.5, 0.6) is 0 Å². The first kappa shape index (κ1) is 29.7. The van der Waals surface area contributed by atoms with E-state index in [2.05, 4.69) is 34.3 Å². The Morgan fingerprint density at radius 3 is 2.48 bits per heavy atom. The second-order valence-corrected chi connectivity index (χ2v) is 11.3. The predicted molar refractivity (Wildman–Crippen MR) is 162 cm³/mol. The molecule has 0 spiro atoms. The number of rotatable bonds is 5. The van der Waals surface area contributed by atoms with Crippen molar-refractivity contribution < 1.29 is 30.8 Å². The Morgan fingerprint density at radius 2 is 1.79 bits per heavy atom. The standard InChI is InChI=1S/C34H35N4O3.Ni/c1-8-20-16(3)24-13-26-18(5)22(10-11-31(40)41-7)33(37-26)23-12-30(39)32-19(6)27(38-34(23)32)15-29-21(9-2)17(4)25(36-29)14-28(20)35-24;/h8,13-15,18,22H,1,9-12H2,2-7H3,(H-,35,36,37,38,39);/q-1;+2/p-1. The van der Waals surface area contributed by atoms with E-state index in [-0.39, 0.29) is 52.9 Å². The molecule has 3 aromatic heterocycles. The Bertz CT molecular complexity index is 1860. The topological polar surface area (TPSA) is 97.4 Å². The molecule has 3 aromatic rings. The maximum absolute atomic E-state index is 13.4. The number of hydrogen-bond acceptors (Lipinski definition) is 5. The van der Waals surface area contributed by atoms with Gasteiger partial charge in [0.05, 0.1) is 18.5 Å². The van der Waals surface area contributed by atoms with E-state index >= 15 is 0 Å². The second kappa shape index (κ2) is 11.1. The Kier molecular flexibility index (Phi) is 7.88. The van der Waals surface area contributed by atoms with E-state index < -0.39 is 0 Å². The molecule has 7 nitrogen and oxygen atoms in total. The van der Waals surface area contributed by atoms with E-state index in [1.807, 2.05) is 31.2 Å². The van der Waals surface area contributed by atoms with Gasteiger partial charge in [-0.1, -0.05) is 55.8 Å². The van der Waals surface area contributed by atoms with Gasteiger partial charge in [-0.2, -0.15) is 0 Å². The van der Waals surface area contributed by atoms with Gasteiger partial charge in [0.1, 0.15) is 0 Å². The van der Waals surface area contributed by atoms with E-state index in [4.69, 9.17) is 24.7 Å². The number of allylic oxidation sites excluding steroid dienone is 2. The van der Waals surface area contributed by atoms with Crippen molar-refractivity contribution >= 4 is 51.0 Å². The van der Waals surface area contributed by atoms with Gasteiger partial charge < -0.3 is 14.7 Å². The zero-order valence-corrected chi connectivity index (χ0v) is 25.8. The van der Waals surface area contributed by atoms with Gasteiger partial charge in [0.25, 0.3) is 0 Å². The smallest absolute Gasteiger partial charge is 0.657 e. The number of fused-ring (bicyclic) bond motifs is 8. The Morgan fingerprint density at radius 1 is 1.07 bits per heavy atom. The number of hydrogen-bond donors (Lipinski definition) is 0. The molecule has 8 heteroatoms.